The number of aryl methyl sites for hydroxylation is 2. The Balaban J connectivity index is 2.25. The van der Waals surface area contributed by atoms with E-state index in [1.165, 1.54) is 11.1 Å². The topological polar surface area (TPSA) is 27.1 Å². The van der Waals surface area contributed by atoms with Gasteiger partial charge in [0, 0.05) is 18.7 Å². The first kappa shape index (κ1) is 11.8. The van der Waals surface area contributed by atoms with Gasteiger partial charge in [0.25, 0.3) is 0 Å². The summed E-state index contributed by atoms with van der Waals surface area (Å²) in [6.07, 6.45) is 0. The number of methoxy groups -OCH3 is 1. The van der Waals surface area contributed by atoms with E-state index in [2.05, 4.69) is 23.6 Å². The Morgan fingerprint density at radius 2 is 1.89 bits per heavy atom. The van der Waals surface area contributed by atoms with Crippen molar-refractivity contribution >= 4 is 11.0 Å². The van der Waals surface area contributed by atoms with Gasteiger partial charge in [-0.2, -0.15) is 0 Å². The molecule has 1 aromatic heterocycles. The lowest BCUT2D eigenvalue weighted by Crippen LogP contribution is -1.94. The standard InChI is InChI=1S/C16H16N2O/c1-11-6-4-5-7-13(11)16-17-14-10-12(19-3)8-9-15(14)18(16)2/h4-10H,1-3H3. The molecule has 2 aromatic carbocycles. The molecule has 0 saturated carbocycles. The predicted octanol–water partition coefficient (Wildman–Crippen LogP) is 3.56. The van der Waals surface area contributed by atoms with E-state index in [0.29, 0.717) is 0 Å². The quantitative estimate of drug-likeness (QED) is 0.697. The van der Waals surface area contributed by atoms with Gasteiger partial charge in [0.1, 0.15) is 11.6 Å². The van der Waals surface area contributed by atoms with Crippen molar-refractivity contribution in [2.75, 3.05) is 7.11 Å². The average Bonchev–Trinajstić information content (AvgIpc) is 2.76. The smallest absolute Gasteiger partial charge is 0.141 e. The van der Waals surface area contributed by atoms with E-state index >= 15 is 0 Å². The van der Waals surface area contributed by atoms with Crippen molar-refractivity contribution in [3.8, 4) is 17.1 Å². The summed E-state index contributed by atoms with van der Waals surface area (Å²) in [6, 6.07) is 14.3. The van der Waals surface area contributed by atoms with Gasteiger partial charge in [-0.05, 0) is 24.6 Å². The van der Waals surface area contributed by atoms with Gasteiger partial charge < -0.3 is 9.30 Å². The van der Waals surface area contributed by atoms with E-state index < -0.39 is 0 Å². The van der Waals surface area contributed by atoms with Crippen LogP contribution in [-0.2, 0) is 7.05 Å². The number of ether oxygens (including phenoxy) is 1. The van der Waals surface area contributed by atoms with Gasteiger partial charge in [0.05, 0.1) is 18.1 Å². The number of hydrogen-bond donors (Lipinski definition) is 0. The Morgan fingerprint density at radius 3 is 2.63 bits per heavy atom. The van der Waals surface area contributed by atoms with E-state index in [-0.39, 0.29) is 0 Å². The molecule has 1 heterocycles. The number of rotatable bonds is 2. The third-order valence-electron chi connectivity index (χ3n) is 3.47. The number of nitrogens with zero attached hydrogens (tertiary/aromatic N) is 2. The van der Waals surface area contributed by atoms with Crippen LogP contribution in [0, 0.1) is 6.92 Å². The van der Waals surface area contributed by atoms with Gasteiger partial charge in [-0.3, -0.25) is 0 Å². The van der Waals surface area contributed by atoms with E-state index in [0.717, 1.165) is 22.6 Å². The van der Waals surface area contributed by atoms with E-state index in [1.807, 2.05) is 37.4 Å². The van der Waals surface area contributed by atoms with Crippen molar-refractivity contribution < 1.29 is 4.74 Å². The molecule has 0 radical (unpaired) electrons. The minimum Gasteiger partial charge on any atom is -0.497 e. The SMILES string of the molecule is COc1ccc2c(c1)nc(-c1ccccc1C)n2C. The number of imidazole rings is 1. The summed E-state index contributed by atoms with van der Waals surface area (Å²) in [5, 5.41) is 0. The number of aromatic nitrogens is 2. The lowest BCUT2D eigenvalue weighted by atomic mass is 10.1. The summed E-state index contributed by atoms with van der Waals surface area (Å²) in [4.78, 5) is 4.73. The Kier molecular flexibility index (Phi) is 2.75. The van der Waals surface area contributed by atoms with Crippen molar-refractivity contribution in [1.29, 1.82) is 0 Å². The highest BCUT2D eigenvalue weighted by molar-refractivity contribution is 5.82. The summed E-state index contributed by atoms with van der Waals surface area (Å²) >= 11 is 0. The molecule has 3 heteroatoms. The van der Waals surface area contributed by atoms with Gasteiger partial charge in [-0.25, -0.2) is 4.98 Å². The van der Waals surface area contributed by atoms with Gasteiger partial charge >= 0.3 is 0 Å². The maximum absolute atomic E-state index is 5.25. The fraction of sp³-hybridized carbons (Fsp3) is 0.188. The zero-order chi connectivity index (χ0) is 13.4. The summed E-state index contributed by atoms with van der Waals surface area (Å²) in [7, 11) is 3.72. The minimum absolute atomic E-state index is 0.835. The molecule has 0 atom stereocenters. The zero-order valence-electron chi connectivity index (χ0n) is 11.3. The van der Waals surface area contributed by atoms with Gasteiger partial charge in [0.15, 0.2) is 0 Å². The molecule has 0 amide bonds. The second kappa shape index (κ2) is 4.43. The molecule has 96 valence electrons. The highest BCUT2D eigenvalue weighted by Crippen LogP contribution is 2.27. The molecular formula is C16H16N2O. The minimum atomic E-state index is 0.835. The highest BCUT2D eigenvalue weighted by atomic mass is 16.5. The summed E-state index contributed by atoms with van der Waals surface area (Å²) in [5.41, 5.74) is 4.46. The van der Waals surface area contributed by atoms with Crippen molar-refractivity contribution in [2.45, 2.75) is 6.92 Å². The molecule has 0 aliphatic heterocycles. The van der Waals surface area contributed by atoms with Crippen LogP contribution in [0.15, 0.2) is 42.5 Å². The van der Waals surface area contributed by atoms with Gasteiger partial charge in [-0.1, -0.05) is 24.3 Å². The van der Waals surface area contributed by atoms with Crippen LogP contribution in [0.2, 0.25) is 0 Å². The van der Waals surface area contributed by atoms with E-state index in [4.69, 9.17) is 9.72 Å². The molecule has 0 spiro atoms. The number of fused-ring (bicyclic) bond motifs is 1. The molecule has 3 nitrogen and oxygen atoms in total. The predicted molar refractivity (Wildman–Crippen MR) is 77.4 cm³/mol. The van der Waals surface area contributed by atoms with Crippen molar-refractivity contribution in [3.63, 3.8) is 0 Å². The zero-order valence-corrected chi connectivity index (χ0v) is 11.3. The first-order valence-corrected chi connectivity index (χ1v) is 6.27. The second-order valence-electron chi connectivity index (χ2n) is 4.66. The van der Waals surface area contributed by atoms with Crippen LogP contribution in [0.1, 0.15) is 5.56 Å². The first-order valence-electron chi connectivity index (χ1n) is 6.27. The monoisotopic (exact) mass is 252 g/mol. The largest absolute Gasteiger partial charge is 0.497 e. The highest BCUT2D eigenvalue weighted by Gasteiger charge is 2.11. The number of benzene rings is 2. The molecule has 0 unspecified atom stereocenters. The molecule has 0 bridgehead atoms. The first-order chi connectivity index (χ1) is 9.20. The Bertz CT molecular complexity index is 744. The Labute approximate surface area is 112 Å². The summed E-state index contributed by atoms with van der Waals surface area (Å²) in [5.74, 6) is 1.82. The van der Waals surface area contributed by atoms with E-state index in [9.17, 15) is 0 Å². The molecular weight excluding hydrogens is 236 g/mol. The molecule has 0 fully saturated rings. The van der Waals surface area contributed by atoms with Crippen LogP contribution >= 0.6 is 0 Å². The third-order valence-corrected chi connectivity index (χ3v) is 3.47. The number of hydrogen-bond acceptors (Lipinski definition) is 2. The van der Waals surface area contributed by atoms with Crippen LogP contribution in [0.25, 0.3) is 22.4 Å². The maximum atomic E-state index is 5.25. The van der Waals surface area contributed by atoms with Crippen LogP contribution in [0.3, 0.4) is 0 Å². The molecule has 0 aliphatic rings. The molecule has 3 rings (SSSR count). The lowest BCUT2D eigenvalue weighted by Gasteiger charge is -2.05. The van der Waals surface area contributed by atoms with E-state index in [1.54, 1.807) is 7.11 Å². The molecule has 3 aromatic rings. The second-order valence-corrected chi connectivity index (χ2v) is 4.66. The fourth-order valence-corrected chi connectivity index (χ4v) is 2.37. The Morgan fingerprint density at radius 1 is 1.11 bits per heavy atom. The maximum Gasteiger partial charge on any atom is 0.141 e. The molecule has 0 N–H and O–H groups in total. The van der Waals surface area contributed by atoms with Crippen LogP contribution in [0.5, 0.6) is 5.75 Å². The summed E-state index contributed by atoms with van der Waals surface area (Å²) < 4.78 is 7.37. The third kappa shape index (κ3) is 1.87. The van der Waals surface area contributed by atoms with Crippen LogP contribution < -0.4 is 4.74 Å². The van der Waals surface area contributed by atoms with Gasteiger partial charge in [0.2, 0.25) is 0 Å². The van der Waals surface area contributed by atoms with Crippen molar-refractivity contribution in [2.24, 2.45) is 7.05 Å². The molecule has 0 aliphatic carbocycles. The lowest BCUT2D eigenvalue weighted by molar-refractivity contribution is 0.415. The Hall–Kier alpha value is -2.29. The fourth-order valence-electron chi connectivity index (χ4n) is 2.37. The molecule has 19 heavy (non-hydrogen) atoms. The van der Waals surface area contributed by atoms with Crippen molar-refractivity contribution in [3.05, 3.63) is 48.0 Å². The molecule has 0 saturated heterocycles. The van der Waals surface area contributed by atoms with Crippen LogP contribution in [-0.4, -0.2) is 16.7 Å². The normalized spacial score (nSPS) is 10.9. The van der Waals surface area contributed by atoms with Gasteiger partial charge in [-0.15, -0.1) is 0 Å². The summed E-state index contributed by atoms with van der Waals surface area (Å²) in [6.45, 7) is 2.11. The average molecular weight is 252 g/mol. The van der Waals surface area contributed by atoms with Crippen LogP contribution in [0.4, 0.5) is 0 Å². The van der Waals surface area contributed by atoms with Crippen molar-refractivity contribution in [1.82, 2.24) is 9.55 Å².